The molecule has 0 radical (unpaired) electrons. The van der Waals surface area contributed by atoms with Gasteiger partial charge in [0.25, 0.3) is 0 Å². The van der Waals surface area contributed by atoms with Crippen molar-refractivity contribution in [3.05, 3.63) is 70.9 Å². The smallest absolute Gasteiger partial charge is 0.243 e. The van der Waals surface area contributed by atoms with E-state index in [1.807, 2.05) is 6.07 Å². The fourth-order valence-electron chi connectivity index (χ4n) is 5.02. The zero-order valence-electron chi connectivity index (χ0n) is 15.4. The molecule has 0 unspecified atom stereocenters. The van der Waals surface area contributed by atoms with Crippen LogP contribution < -0.4 is 0 Å². The molecule has 3 heteroatoms. The summed E-state index contributed by atoms with van der Waals surface area (Å²) < 4.78 is 2.30. The van der Waals surface area contributed by atoms with E-state index in [-0.39, 0.29) is 18.0 Å². The van der Waals surface area contributed by atoms with Gasteiger partial charge >= 0.3 is 0 Å². The first-order valence-corrected chi connectivity index (χ1v) is 9.63. The Kier molecular flexibility index (Phi) is 3.46. The summed E-state index contributed by atoms with van der Waals surface area (Å²) in [5.41, 5.74) is 6.60. The predicted octanol–water partition coefficient (Wildman–Crippen LogP) is 4.93. The summed E-state index contributed by atoms with van der Waals surface area (Å²) in [6, 6.07) is 17.4. The standard InChI is InChI=1S/C23H24N2O/c1-15-11-12-20-19(13-15)18-9-6-10-21-23(18)24(20)14-22(26)25(21)16(2)17-7-4-3-5-8-17/h3-5,7-8,11-13,16,21H,6,9-10,14H2,1-2H3/t16-,21-/m0/s1. The Bertz CT molecular complexity index is 1000. The molecule has 0 N–H and O–H groups in total. The molecule has 2 heterocycles. The lowest BCUT2D eigenvalue weighted by atomic mass is 9.88. The molecule has 0 bridgehead atoms. The molecule has 1 aliphatic carbocycles. The molecule has 0 fully saturated rings. The number of amides is 1. The first-order chi connectivity index (χ1) is 12.6. The minimum Gasteiger partial charge on any atom is -0.333 e. The van der Waals surface area contributed by atoms with Gasteiger partial charge in [0.1, 0.15) is 6.54 Å². The second kappa shape index (κ2) is 5.73. The fourth-order valence-corrected chi connectivity index (χ4v) is 5.02. The number of carbonyl (C=O) groups is 1. The fraction of sp³-hybridized carbons (Fsp3) is 0.348. The first kappa shape index (κ1) is 15.7. The van der Waals surface area contributed by atoms with Gasteiger partial charge in [-0.05, 0) is 56.4 Å². The lowest BCUT2D eigenvalue weighted by Gasteiger charge is -2.43. The molecule has 3 aromatic rings. The van der Waals surface area contributed by atoms with Gasteiger partial charge in [0, 0.05) is 16.6 Å². The van der Waals surface area contributed by atoms with Crippen LogP contribution in [-0.2, 0) is 17.8 Å². The van der Waals surface area contributed by atoms with Crippen LogP contribution in [0.5, 0.6) is 0 Å². The predicted molar refractivity (Wildman–Crippen MR) is 104 cm³/mol. The van der Waals surface area contributed by atoms with Gasteiger partial charge in [0.05, 0.1) is 12.1 Å². The Labute approximate surface area is 154 Å². The van der Waals surface area contributed by atoms with E-state index in [0.717, 1.165) is 19.3 Å². The van der Waals surface area contributed by atoms with E-state index >= 15 is 0 Å². The summed E-state index contributed by atoms with van der Waals surface area (Å²) >= 11 is 0. The third kappa shape index (κ3) is 2.16. The third-order valence-corrected chi connectivity index (χ3v) is 6.20. The Morgan fingerprint density at radius 3 is 2.73 bits per heavy atom. The van der Waals surface area contributed by atoms with Crippen molar-refractivity contribution in [2.24, 2.45) is 0 Å². The third-order valence-electron chi connectivity index (χ3n) is 6.20. The average molecular weight is 344 g/mol. The van der Waals surface area contributed by atoms with Crippen molar-refractivity contribution < 1.29 is 4.79 Å². The molecule has 0 spiro atoms. The molecule has 2 atom stereocenters. The summed E-state index contributed by atoms with van der Waals surface area (Å²) in [6.45, 7) is 4.78. The van der Waals surface area contributed by atoms with Gasteiger partial charge in [-0.2, -0.15) is 0 Å². The molecule has 132 valence electrons. The monoisotopic (exact) mass is 344 g/mol. The molecule has 2 aromatic carbocycles. The normalized spacial score (nSPS) is 20.3. The van der Waals surface area contributed by atoms with Crippen LogP contribution in [-0.4, -0.2) is 15.4 Å². The van der Waals surface area contributed by atoms with E-state index in [0.29, 0.717) is 6.54 Å². The quantitative estimate of drug-likeness (QED) is 0.647. The van der Waals surface area contributed by atoms with Gasteiger partial charge in [-0.25, -0.2) is 0 Å². The second-order valence-corrected chi connectivity index (χ2v) is 7.77. The van der Waals surface area contributed by atoms with Crippen molar-refractivity contribution in [3.8, 4) is 0 Å². The number of hydrogen-bond acceptors (Lipinski definition) is 1. The minimum absolute atomic E-state index is 0.105. The highest BCUT2D eigenvalue weighted by Crippen LogP contribution is 2.45. The van der Waals surface area contributed by atoms with Crippen LogP contribution in [0, 0.1) is 6.92 Å². The highest BCUT2D eigenvalue weighted by atomic mass is 16.2. The summed E-state index contributed by atoms with van der Waals surface area (Å²) in [5, 5.41) is 1.35. The van der Waals surface area contributed by atoms with Crippen LogP contribution in [0.3, 0.4) is 0 Å². The molecule has 2 aliphatic rings. The Morgan fingerprint density at radius 1 is 1.12 bits per heavy atom. The number of carbonyl (C=O) groups excluding carboxylic acids is 1. The molecule has 0 saturated carbocycles. The molecule has 1 amide bonds. The lowest BCUT2D eigenvalue weighted by Crippen LogP contribution is -2.45. The van der Waals surface area contributed by atoms with E-state index in [1.54, 1.807) is 0 Å². The summed E-state index contributed by atoms with van der Waals surface area (Å²) in [4.78, 5) is 15.3. The van der Waals surface area contributed by atoms with Crippen molar-refractivity contribution in [1.29, 1.82) is 0 Å². The number of hydrogen-bond donors (Lipinski definition) is 0. The van der Waals surface area contributed by atoms with Crippen LogP contribution in [0.2, 0.25) is 0 Å². The van der Waals surface area contributed by atoms with Crippen molar-refractivity contribution in [2.45, 2.75) is 51.7 Å². The minimum atomic E-state index is 0.105. The maximum Gasteiger partial charge on any atom is 0.243 e. The number of nitrogens with zero attached hydrogens (tertiary/aromatic N) is 2. The highest BCUT2D eigenvalue weighted by Gasteiger charge is 2.40. The number of aromatic nitrogens is 1. The van der Waals surface area contributed by atoms with E-state index in [9.17, 15) is 4.79 Å². The first-order valence-electron chi connectivity index (χ1n) is 9.63. The van der Waals surface area contributed by atoms with E-state index in [4.69, 9.17) is 0 Å². The van der Waals surface area contributed by atoms with Crippen molar-refractivity contribution >= 4 is 16.8 Å². The molecule has 3 nitrogen and oxygen atoms in total. The van der Waals surface area contributed by atoms with Gasteiger partial charge in [-0.1, -0.05) is 42.0 Å². The van der Waals surface area contributed by atoms with Crippen molar-refractivity contribution in [1.82, 2.24) is 9.47 Å². The van der Waals surface area contributed by atoms with Crippen LogP contribution >= 0.6 is 0 Å². The molecule has 5 rings (SSSR count). The Balaban J connectivity index is 1.68. The van der Waals surface area contributed by atoms with Gasteiger partial charge < -0.3 is 9.47 Å². The van der Waals surface area contributed by atoms with Gasteiger partial charge in [-0.15, -0.1) is 0 Å². The summed E-state index contributed by atoms with van der Waals surface area (Å²) in [7, 11) is 0. The topological polar surface area (TPSA) is 25.2 Å². The van der Waals surface area contributed by atoms with Gasteiger partial charge in [0.2, 0.25) is 5.91 Å². The Morgan fingerprint density at radius 2 is 1.92 bits per heavy atom. The van der Waals surface area contributed by atoms with Crippen molar-refractivity contribution in [3.63, 3.8) is 0 Å². The lowest BCUT2D eigenvalue weighted by molar-refractivity contribution is -0.139. The molecule has 26 heavy (non-hydrogen) atoms. The number of aryl methyl sites for hydroxylation is 2. The van der Waals surface area contributed by atoms with E-state index < -0.39 is 0 Å². The molecular formula is C23H24N2O. The maximum absolute atomic E-state index is 13.2. The maximum atomic E-state index is 13.2. The molecule has 1 aromatic heterocycles. The highest BCUT2D eigenvalue weighted by molar-refractivity contribution is 5.90. The number of fused-ring (bicyclic) bond motifs is 3. The second-order valence-electron chi connectivity index (χ2n) is 7.77. The largest absolute Gasteiger partial charge is 0.333 e. The summed E-state index contributed by atoms with van der Waals surface area (Å²) in [6.07, 6.45) is 3.34. The van der Waals surface area contributed by atoms with Crippen LogP contribution in [0.4, 0.5) is 0 Å². The van der Waals surface area contributed by atoms with Gasteiger partial charge in [-0.3, -0.25) is 4.79 Å². The SMILES string of the molecule is Cc1ccc2c(c1)c1c3n2CC(=O)N([C@@H](C)c2ccccc2)[C@H]3CCC1. The van der Waals surface area contributed by atoms with Crippen LogP contribution in [0.1, 0.15) is 54.2 Å². The van der Waals surface area contributed by atoms with Crippen LogP contribution in [0.15, 0.2) is 48.5 Å². The van der Waals surface area contributed by atoms with Crippen molar-refractivity contribution in [2.75, 3.05) is 0 Å². The zero-order chi connectivity index (χ0) is 17.8. The Hall–Kier alpha value is -2.55. The number of rotatable bonds is 2. The number of benzene rings is 2. The molecular weight excluding hydrogens is 320 g/mol. The average Bonchev–Trinajstić information content (AvgIpc) is 2.97. The van der Waals surface area contributed by atoms with E-state index in [2.05, 4.69) is 65.8 Å². The van der Waals surface area contributed by atoms with E-state index in [1.165, 1.54) is 33.3 Å². The molecule has 1 aliphatic heterocycles. The molecule has 0 saturated heterocycles. The van der Waals surface area contributed by atoms with Gasteiger partial charge in [0.15, 0.2) is 0 Å². The zero-order valence-corrected chi connectivity index (χ0v) is 15.4. The van der Waals surface area contributed by atoms with Crippen LogP contribution in [0.25, 0.3) is 10.9 Å². The summed E-state index contributed by atoms with van der Waals surface area (Å²) in [5.74, 6) is 0.241.